The molecule has 1 heterocycles. The van der Waals surface area contributed by atoms with E-state index in [4.69, 9.17) is 4.74 Å². The summed E-state index contributed by atoms with van der Waals surface area (Å²) in [6.45, 7) is 4.65. The van der Waals surface area contributed by atoms with Gasteiger partial charge in [-0.05, 0) is 67.3 Å². The quantitative estimate of drug-likeness (QED) is 0.381. The molecule has 0 radical (unpaired) electrons. The van der Waals surface area contributed by atoms with E-state index in [1.807, 2.05) is 92.8 Å². The van der Waals surface area contributed by atoms with Crippen molar-refractivity contribution in [2.45, 2.75) is 33.1 Å². The van der Waals surface area contributed by atoms with Crippen LogP contribution < -0.4 is 14.5 Å². The van der Waals surface area contributed by atoms with E-state index in [9.17, 15) is 9.59 Å². The average Bonchev–Trinajstić information content (AvgIpc) is 3.13. The molecule has 1 aliphatic heterocycles. The molecule has 174 valence electrons. The Balaban J connectivity index is 1.75. The van der Waals surface area contributed by atoms with Gasteiger partial charge in [-0.25, -0.2) is 4.90 Å². The van der Waals surface area contributed by atoms with Crippen LogP contribution in [0.4, 0.5) is 11.4 Å². The molecule has 0 unspecified atom stereocenters. The molecule has 1 aliphatic rings. The van der Waals surface area contributed by atoms with Crippen LogP contribution in [-0.4, -0.2) is 25.5 Å². The lowest BCUT2D eigenvalue weighted by molar-refractivity contribution is -0.120. The molecule has 0 aliphatic carbocycles. The van der Waals surface area contributed by atoms with Crippen molar-refractivity contribution in [1.82, 2.24) is 0 Å². The molecule has 0 saturated heterocycles. The summed E-state index contributed by atoms with van der Waals surface area (Å²) in [5.41, 5.74) is 4.03. The fourth-order valence-corrected chi connectivity index (χ4v) is 4.18. The van der Waals surface area contributed by atoms with Gasteiger partial charge in [0.15, 0.2) is 0 Å². The number of anilines is 2. The van der Waals surface area contributed by atoms with Gasteiger partial charge in [-0.2, -0.15) is 0 Å². The van der Waals surface area contributed by atoms with Gasteiger partial charge >= 0.3 is 0 Å². The highest BCUT2D eigenvalue weighted by Gasteiger charge is 2.42. The van der Waals surface area contributed by atoms with Crippen LogP contribution in [0.5, 0.6) is 5.75 Å². The van der Waals surface area contributed by atoms with Gasteiger partial charge in [0.2, 0.25) is 0 Å². The van der Waals surface area contributed by atoms with Gasteiger partial charge in [-0.15, -0.1) is 0 Å². The number of carbonyl (C=O) groups is 2. The third-order valence-corrected chi connectivity index (χ3v) is 6.01. The second kappa shape index (κ2) is 10.4. The minimum Gasteiger partial charge on any atom is -0.494 e. The molecule has 5 heteroatoms. The Morgan fingerprint density at radius 3 is 2.12 bits per heavy atom. The molecule has 3 aromatic carbocycles. The number of nitrogens with zero attached hydrogens (tertiary/aromatic N) is 2. The second-order valence-electron chi connectivity index (χ2n) is 8.29. The SMILES string of the molecule is CCCCc1ccc(N2C(=O)C(c3ccc(OCC)cc3)=C(N(C)c3ccccc3)C2=O)cc1. The first kappa shape index (κ1) is 23.3. The second-order valence-corrected chi connectivity index (χ2v) is 8.29. The van der Waals surface area contributed by atoms with Crippen molar-refractivity contribution >= 4 is 28.8 Å². The summed E-state index contributed by atoms with van der Waals surface area (Å²) in [5, 5.41) is 0. The smallest absolute Gasteiger partial charge is 0.282 e. The van der Waals surface area contributed by atoms with Crippen molar-refractivity contribution in [3.8, 4) is 5.75 Å². The van der Waals surface area contributed by atoms with Crippen molar-refractivity contribution in [1.29, 1.82) is 0 Å². The Labute approximate surface area is 201 Å². The minimum absolute atomic E-state index is 0.326. The first-order valence-corrected chi connectivity index (χ1v) is 11.8. The summed E-state index contributed by atoms with van der Waals surface area (Å²) in [5.74, 6) is 0.0657. The van der Waals surface area contributed by atoms with Gasteiger partial charge in [0.1, 0.15) is 11.4 Å². The van der Waals surface area contributed by atoms with Crippen molar-refractivity contribution in [2.24, 2.45) is 0 Å². The standard InChI is InChI=1S/C29H30N2O3/c1-4-6-10-21-13-17-24(18-14-21)31-28(32)26(22-15-19-25(20-16-22)34-5-2)27(29(31)33)30(3)23-11-8-7-9-12-23/h7-9,11-20H,4-6,10H2,1-3H3. The maximum Gasteiger partial charge on any atom is 0.282 e. The summed E-state index contributed by atoms with van der Waals surface area (Å²) in [7, 11) is 1.82. The molecule has 34 heavy (non-hydrogen) atoms. The number of aryl methyl sites for hydroxylation is 1. The van der Waals surface area contributed by atoms with Gasteiger partial charge in [-0.1, -0.05) is 55.8 Å². The molecule has 0 atom stereocenters. The number of ether oxygens (including phenoxy) is 1. The average molecular weight is 455 g/mol. The van der Waals surface area contributed by atoms with Crippen LogP contribution in [0.2, 0.25) is 0 Å². The van der Waals surface area contributed by atoms with Crippen molar-refractivity contribution in [3.05, 3.63) is 95.7 Å². The predicted octanol–water partition coefficient (Wildman–Crippen LogP) is 5.85. The maximum absolute atomic E-state index is 13.7. The largest absolute Gasteiger partial charge is 0.494 e. The van der Waals surface area contributed by atoms with E-state index in [0.717, 1.165) is 30.7 Å². The van der Waals surface area contributed by atoms with Crippen LogP contribution in [0.25, 0.3) is 5.57 Å². The first-order chi connectivity index (χ1) is 16.5. The van der Waals surface area contributed by atoms with E-state index in [-0.39, 0.29) is 11.8 Å². The summed E-state index contributed by atoms with van der Waals surface area (Å²) in [6, 6.07) is 24.7. The zero-order valence-electron chi connectivity index (χ0n) is 20.0. The van der Waals surface area contributed by atoms with Gasteiger partial charge in [0.25, 0.3) is 11.8 Å². The van der Waals surface area contributed by atoms with Crippen molar-refractivity contribution in [3.63, 3.8) is 0 Å². The van der Waals surface area contributed by atoms with E-state index in [2.05, 4.69) is 6.92 Å². The molecule has 4 rings (SSSR count). The molecule has 2 amide bonds. The number of imide groups is 1. The number of carbonyl (C=O) groups excluding carboxylic acids is 2. The lowest BCUT2D eigenvalue weighted by atomic mass is 10.0. The van der Waals surface area contributed by atoms with E-state index >= 15 is 0 Å². The Morgan fingerprint density at radius 2 is 1.50 bits per heavy atom. The topological polar surface area (TPSA) is 49.9 Å². The maximum atomic E-state index is 13.7. The summed E-state index contributed by atoms with van der Waals surface area (Å²) < 4.78 is 5.56. The van der Waals surface area contributed by atoms with Crippen molar-refractivity contribution < 1.29 is 14.3 Å². The van der Waals surface area contributed by atoms with Gasteiger partial charge in [-0.3, -0.25) is 9.59 Å². The normalized spacial score (nSPS) is 13.6. The lowest BCUT2D eigenvalue weighted by Crippen LogP contribution is -2.34. The summed E-state index contributed by atoms with van der Waals surface area (Å²) in [4.78, 5) is 30.5. The fourth-order valence-electron chi connectivity index (χ4n) is 4.18. The summed E-state index contributed by atoms with van der Waals surface area (Å²) in [6.07, 6.45) is 3.21. The van der Waals surface area contributed by atoms with Gasteiger partial charge < -0.3 is 9.64 Å². The van der Waals surface area contributed by atoms with Crippen molar-refractivity contribution in [2.75, 3.05) is 23.5 Å². The van der Waals surface area contributed by atoms with Crippen LogP contribution in [-0.2, 0) is 16.0 Å². The number of benzene rings is 3. The Kier molecular flexibility index (Phi) is 7.12. The molecule has 0 N–H and O–H groups in total. The highest BCUT2D eigenvalue weighted by atomic mass is 16.5. The summed E-state index contributed by atoms with van der Waals surface area (Å²) >= 11 is 0. The fraction of sp³-hybridized carbons (Fsp3) is 0.241. The van der Waals surface area contributed by atoms with Gasteiger partial charge in [0, 0.05) is 12.7 Å². The zero-order valence-corrected chi connectivity index (χ0v) is 20.0. The number of hydrogen-bond acceptors (Lipinski definition) is 4. The van der Waals surface area contributed by atoms with Crippen LogP contribution in [0, 0.1) is 0 Å². The Morgan fingerprint density at radius 1 is 0.824 bits per heavy atom. The van der Waals surface area contributed by atoms with Crippen LogP contribution in [0.1, 0.15) is 37.8 Å². The Bertz CT molecular complexity index is 1180. The van der Waals surface area contributed by atoms with Gasteiger partial charge in [0.05, 0.1) is 17.9 Å². The zero-order chi connectivity index (χ0) is 24.1. The minimum atomic E-state index is -0.332. The third-order valence-electron chi connectivity index (χ3n) is 6.01. The molecule has 3 aromatic rings. The number of hydrogen-bond donors (Lipinski definition) is 0. The number of likely N-dealkylation sites (N-methyl/N-ethyl adjacent to an activating group) is 1. The predicted molar refractivity (Wildman–Crippen MR) is 137 cm³/mol. The molecule has 0 spiro atoms. The van der Waals surface area contributed by atoms with Crippen LogP contribution in [0.3, 0.4) is 0 Å². The number of amides is 2. The highest BCUT2D eigenvalue weighted by molar-refractivity contribution is 6.46. The molecule has 0 bridgehead atoms. The van der Waals surface area contributed by atoms with Crippen LogP contribution >= 0.6 is 0 Å². The third kappa shape index (κ3) is 4.60. The molecule has 0 fully saturated rings. The monoisotopic (exact) mass is 454 g/mol. The highest BCUT2D eigenvalue weighted by Crippen LogP contribution is 2.36. The molecular formula is C29H30N2O3. The number of unbranched alkanes of at least 4 members (excludes halogenated alkanes) is 1. The Hall–Kier alpha value is -3.86. The molecular weight excluding hydrogens is 424 g/mol. The van der Waals surface area contributed by atoms with E-state index in [1.54, 1.807) is 4.90 Å². The van der Waals surface area contributed by atoms with E-state index in [1.165, 1.54) is 10.5 Å². The number of rotatable bonds is 9. The molecule has 5 nitrogen and oxygen atoms in total. The first-order valence-electron chi connectivity index (χ1n) is 11.8. The number of para-hydroxylation sites is 1. The molecule has 0 saturated carbocycles. The molecule has 0 aromatic heterocycles. The van der Waals surface area contributed by atoms with E-state index in [0.29, 0.717) is 29.1 Å². The lowest BCUT2D eigenvalue weighted by Gasteiger charge is -2.21. The van der Waals surface area contributed by atoms with Crippen LogP contribution in [0.15, 0.2) is 84.6 Å². The van der Waals surface area contributed by atoms with E-state index < -0.39 is 0 Å².